The van der Waals surface area contributed by atoms with E-state index in [9.17, 15) is 5.11 Å². The molecule has 1 saturated heterocycles. The Morgan fingerprint density at radius 3 is 2.79 bits per heavy atom. The summed E-state index contributed by atoms with van der Waals surface area (Å²) in [6.07, 6.45) is 4.46. The summed E-state index contributed by atoms with van der Waals surface area (Å²) >= 11 is 0. The van der Waals surface area contributed by atoms with Crippen molar-refractivity contribution >= 4 is 5.82 Å². The van der Waals surface area contributed by atoms with E-state index in [2.05, 4.69) is 20.2 Å². The van der Waals surface area contributed by atoms with E-state index in [1.54, 1.807) is 18.3 Å². The van der Waals surface area contributed by atoms with Gasteiger partial charge in [-0.2, -0.15) is 0 Å². The highest BCUT2D eigenvalue weighted by atomic mass is 16.5. The lowest BCUT2D eigenvalue weighted by molar-refractivity contribution is 0.121. The summed E-state index contributed by atoms with van der Waals surface area (Å²) in [4.78, 5) is 11.2. The predicted molar refractivity (Wildman–Crippen MR) is 93.0 cm³/mol. The quantitative estimate of drug-likeness (QED) is 0.874. The summed E-state index contributed by atoms with van der Waals surface area (Å²) in [5.41, 5.74) is 2.20. The molecule has 0 aliphatic carbocycles. The second-order valence-corrected chi connectivity index (χ2v) is 6.19. The first-order chi connectivity index (χ1) is 11.7. The Hall–Kier alpha value is -2.18. The van der Waals surface area contributed by atoms with Crippen LogP contribution in [0.5, 0.6) is 5.75 Å². The van der Waals surface area contributed by atoms with Crippen molar-refractivity contribution in [3.05, 3.63) is 47.9 Å². The first-order valence-corrected chi connectivity index (χ1v) is 8.29. The van der Waals surface area contributed by atoms with Gasteiger partial charge < -0.3 is 15.2 Å². The van der Waals surface area contributed by atoms with Gasteiger partial charge in [0.15, 0.2) is 0 Å². The molecule has 1 fully saturated rings. The topological polar surface area (TPSA) is 70.5 Å². The second kappa shape index (κ2) is 8.08. The van der Waals surface area contributed by atoms with Gasteiger partial charge in [0.25, 0.3) is 0 Å². The number of phenols is 1. The first kappa shape index (κ1) is 16.7. The summed E-state index contributed by atoms with van der Waals surface area (Å²) < 4.78 is 5.77. The molecule has 0 spiro atoms. The smallest absolute Gasteiger partial charge is 0.144 e. The molecule has 1 aliphatic heterocycles. The van der Waals surface area contributed by atoms with Gasteiger partial charge in [0, 0.05) is 32.6 Å². The molecule has 1 aromatic heterocycles. The van der Waals surface area contributed by atoms with Crippen LogP contribution >= 0.6 is 0 Å². The van der Waals surface area contributed by atoms with Crippen LogP contribution in [-0.4, -0.2) is 53.3 Å². The van der Waals surface area contributed by atoms with Crippen LogP contribution in [0.2, 0.25) is 0 Å². The fourth-order valence-corrected chi connectivity index (χ4v) is 2.96. The van der Waals surface area contributed by atoms with Crippen LogP contribution in [0.15, 0.2) is 36.7 Å². The van der Waals surface area contributed by atoms with Crippen LogP contribution in [0.1, 0.15) is 11.3 Å². The summed E-state index contributed by atoms with van der Waals surface area (Å²) in [5.74, 6) is 1.49. The number of nitrogens with zero attached hydrogens (tertiary/aromatic N) is 3. The zero-order valence-electron chi connectivity index (χ0n) is 14.0. The number of nitrogens with one attached hydrogen (secondary N) is 1. The molecule has 0 saturated carbocycles. The van der Waals surface area contributed by atoms with Gasteiger partial charge in [-0.25, -0.2) is 4.98 Å². The number of hydrogen-bond acceptors (Lipinski definition) is 6. The van der Waals surface area contributed by atoms with Crippen molar-refractivity contribution in [2.75, 3.05) is 38.7 Å². The van der Waals surface area contributed by atoms with Crippen LogP contribution in [0.4, 0.5) is 5.82 Å². The fraction of sp³-hybridized carbons (Fsp3) is 0.444. The molecule has 1 unspecified atom stereocenters. The van der Waals surface area contributed by atoms with Gasteiger partial charge in [0.2, 0.25) is 0 Å². The summed E-state index contributed by atoms with van der Waals surface area (Å²) in [6.45, 7) is 4.25. The van der Waals surface area contributed by atoms with Crippen molar-refractivity contribution in [3.8, 4) is 5.75 Å². The van der Waals surface area contributed by atoms with Crippen molar-refractivity contribution < 1.29 is 9.84 Å². The SMILES string of the molecule is CNc1cnc(CC2COCCN(Cc3ccc(O)cc3)C2)cn1. The van der Waals surface area contributed by atoms with Crippen molar-refractivity contribution in [1.29, 1.82) is 0 Å². The van der Waals surface area contributed by atoms with Crippen molar-refractivity contribution in [2.24, 2.45) is 5.92 Å². The van der Waals surface area contributed by atoms with E-state index in [-0.39, 0.29) is 0 Å². The molecule has 2 heterocycles. The van der Waals surface area contributed by atoms with Crippen molar-refractivity contribution in [2.45, 2.75) is 13.0 Å². The summed E-state index contributed by atoms with van der Waals surface area (Å²) in [5, 5.41) is 12.4. The largest absolute Gasteiger partial charge is 0.508 e. The number of hydrogen-bond donors (Lipinski definition) is 2. The number of aromatic nitrogens is 2. The Kier molecular flexibility index (Phi) is 5.61. The molecular formula is C18H24N4O2. The molecule has 6 heteroatoms. The minimum atomic E-state index is 0.305. The average molecular weight is 328 g/mol. The zero-order valence-corrected chi connectivity index (χ0v) is 14.0. The molecule has 1 atom stereocenters. The van der Waals surface area contributed by atoms with Crippen molar-refractivity contribution in [3.63, 3.8) is 0 Å². The highest BCUT2D eigenvalue weighted by Crippen LogP contribution is 2.16. The molecule has 0 bridgehead atoms. The number of aromatic hydroxyl groups is 1. The molecule has 0 radical (unpaired) electrons. The number of benzene rings is 1. The van der Waals surface area contributed by atoms with Gasteiger partial charge in [0.05, 0.1) is 31.3 Å². The van der Waals surface area contributed by atoms with Crippen molar-refractivity contribution in [1.82, 2.24) is 14.9 Å². The van der Waals surface area contributed by atoms with E-state index in [0.717, 1.165) is 50.8 Å². The Morgan fingerprint density at radius 1 is 1.25 bits per heavy atom. The number of rotatable bonds is 5. The highest BCUT2D eigenvalue weighted by molar-refractivity contribution is 5.29. The van der Waals surface area contributed by atoms with E-state index < -0.39 is 0 Å². The van der Waals surface area contributed by atoms with Gasteiger partial charge in [-0.1, -0.05) is 12.1 Å². The Balaban J connectivity index is 1.60. The maximum atomic E-state index is 9.40. The first-order valence-electron chi connectivity index (χ1n) is 8.29. The fourth-order valence-electron chi connectivity index (χ4n) is 2.96. The maximum Gasteiger partial charge on any atom is 0.144 e. The monoisotopic (exact) mass is 328 g/mol. The average Bonchev–Trinajstić information content (AvgIpc) is 2.83. The number of anilines is 1. The number of ether oxygens (including phenoxy) is 1. The third-order valence-corrected chi connectivity index (χ3v) is 4.22. The van der Waals surface area contributed by atoms with E-state index in [0.29, 0.717) is 11.7 Å². The molecule has 3 rings (SSSR count). The van der Waals surface area contributed by atoms with Crippen LogP contribution in [-0.2, 0) is 17.7 Å². The van der Waals surface area contributed by atoms with Crippen LogP contribution in [0, 0.1) is 5.92 Å². The molecule has 0 amide bonds. The standard InChI is InChI=1S/C18H24N4O2/c1-19-18-10-20-16(9-21-18)8-15-12-22(6-7-24-13-15)11-14-2-4-17(23)5-3-14/h2-5,9-10,15,23H,6-8,11-13H2,1H3,(H,19,21). The zero-order chi connectivity index (χ0) is 16.8. The summed E-state index contributed by atoms with van der Waals surface area (Å²) in [6, 6.07) is 7.41. The lowest BCUT2D eigenvalue weighted by Crippen LogP contribution is -2.30. The Bertz CT molecular complexity index is 630. The van der Waals surface area contributed by atoms with E-state index in [4.69, 9.17) is 4.74 Å². The van der Waals surface area contributed by atoms with E-state index in [1.165, 1.54) is 5.56 Å². The molecule has 2 aromatic rings. The van der Waals surface area contributed by atoms with Crippen LogP contribution < -0.4 is 5.32 Å². The molecular weight excluding hydrogens is 304 g/mol. The third-order valence-electron chi connectivity index (χ3n) is 4.22. The normalized spacial score (nSPS) is 19.0. The minimum absolute atomic E-state index is 0.305. The lowest BCUT2D eigenvalue weighted by Gasteiger charge is -2.23. The molecule has 1 aromatic carbocycles. The molecule has 24 heavy (non-hydrogen) atoms. The minimum Gasteiger partial charge on any atom is -0.508 e. The number of phenolic OH excluding ortho intramolecular Hbond substituents is 1. The molecule has 6 nitrogen and oxygen atoms in total. The maximum absolute atomic E-state index is 9.40. The Labute approximate surface area is 142 Å². The predicted octanol–water partition coefficient (Wildman–Crippen LogP) is 1.91. The van der Waals surface area contributed by atoms with E-state index >= 15 is 0 Å². The molecule has 2 N–H and O–H groups in total. The van der Waals surface area contributed by atoms with Crippen LogP contribution in [0.25, 0.3) is 0 Å². The van der Waals surface area contributed by atoms with Gasteiger partial charge in [0.1, 0.15) is 11.6 Å². The summed E-state index contributed by atoms with van der Waals surface area (Å²) in [7, 11) is 1.84. The van der Waals surface area contributed by atoms with Gasteiger partial charge in [-0.05, 0) is 24.1 Å². The van der Waals surface area contributed by atoms with E-state index in [1.807, 2.05) is 25.4 Å². The third kappa shape index (κ3) is 4.66. The van der Waals surface area contributed by atoms with Gasteiger partial charge in [-0.3, -0.25) is 9.88 Å². The molecule has 128 valence electrons. The van der Waals surface area contributed by atoms with Crippen LogP contribution in [0.3, 0.4) is 0 Å². The Morgan fingerprint density at radius 2 is 2.08 bits per heavy atom. The van der Waals surface area contributed by atoms with Gasteiger partial charge >= 0.3 is 0 Å². The van der Waals surface area contributed by atoms with Gasteiger partial charge in [-0.15, -0.1) is 0 Å². The second-order valence-electron chi connectivity index (χ2n) is 6.19. The molecule has 1 aliphatic rings. The lowest BCUT2D eigenvalue weighted by atomic mass is 10.0. The highest BCUT2D eigenvalue weighted by Gasteiger charge is 2.20.